The van der Waals surface area contributed by atoms with E-state index in [9.17, 15) is 55.9 Å². The zero-order valence-electron chi connectivity index (χ0n) is 21.4. The zero-order chi connectivity index (χ0) is 30.5. The molecule has 1 aromatic heterocycles. The van der Waals surface area contributed by atoms with Crippen molar-refractivity contribution in [1.29, 1.82) is 0 Å². The molecule has 0 radical (unpaired) electrons. The van der Waals surface area contributed by atoms with Crippen molar-refractivity contribution in [3.05, 3.63) is 40.6 Å². The van der Waals surface area contributed by atoms with Crippen LogP contribution in [0.4, 0.5) is 0 Å². The van der Waals surface area contributed by atoms with E-state index in [0.717, 1.165) is 24.3 Å². The second kappa shape index (κ2) is 11.5. The molecular formula is C26H28O16. The van der Waals surface area contributed by atoms with Crippen molar-refractivity contribution >= 4 is 11.0 Å². The summed E-state index contributed by atoms with van der Waals surface area (Å²) in [6.07, 6.45) is -15.5. The van der Waals surface area contributed by atoms with Crippen molar-refractivity contribution in [2.75, 3.05) is 13.2 Å². The minimum absolute atomic E-state index is 0.0437. The van der Waals surface area contributed by atoms with Crippen LogP contribution in [-0.4, -0.2) is 120 Å². The number of phenolic OH excluding ortho intramolecular Hbond substituents is 4. The summed E-state index contributed by atoms with van der Waals surface area (Å²) in [6, 6.07) is 5.21. The van der Waals surface area contributed by atoms with Gasteiger partial charge in [-0.15, -0.1) is 0 Å². The molecule has 10 N–H and O–H groups in total. The standard InChI is InChI=1S/C26H28O16/c27-6-15-18(34)20(36)24(42-25-21(37)17(33)13(32)7-38-25)26(40-15)41-23-19(35)16-12(31)4-9(28)5-14(16)39-22(23)8-1-2-10(29)11(30)3-8/h1-5,13,15,17-18,20-21,24-34,36-37H,6-7H2/t13-,15-,17-,18-,20+,21+,24-,25-,26+/m1/s1. The molecule has 3 heterocycles. The van der Waals surface area contributed by atoms with Crippen LogP contribution in [0.25, 0.3) is 22.3 Å². The molecule has 3 aromatic rings. The van der Waals surface area contributed by atoms with E-state index in [-0.39, 0.29) is 11.1 Å². The smallest absolute Gasteiger partial charge is 0.239 e. The number of benzene rings is 2. The van der Waals surface area contributed by atoms with Crippen LogP contribution in [-0.2, 0) is 14.2 Å². The van der Waals surface area contributed by atoms with Crippen LogP contribution in [0.3, 0.4) is 0 Å². The summed E-state index contributed by atoms with van der Waals surface area (Å²) in [5.74, 6) is -3.39. The predicted molar refractivity (Wildman–Crippen MR) is 136 cm³/mol. The molecule has 0 bridgehead atoms. The number of phenols is 4. The number of aliphatic hydroxyl groups is 6. The number of aliphatic hydroxyl groups excluding tert-OH is 6. The monoisotopic (exact) mass is 596 g/mol. The Bertz CT molecular complexity index is 1510. The molecule has 0 saturated carbocycles. The van der Waals surface area contributed by atoms with Gasteiger partial charge in [-0.25, -0.2) is 0 Å². The van der Waals surface area contributed by atoms with Crippen LogP contribution in [0.2, 0.25) is 0 Å². The summed E-state index contributed by atoms with van der Waals surface area (Å²) in [4.78, 5) is 13.7. The van der Waals surface area contributed by atoms with Crippen molar-refractivity contribution in [2.24, 2.45) is 0 Å². The molecule has 2 saturated heterocycles. The third-order valence-corrected chi connectivity index (χ3v) is 6.96. The number of fused-ring (bicyclic) bond motifs is 1. The first kappa shape index (κ1) is 29.8. The van der Waals surface area contributed by atoms with E-state index in [4.69, 9.17) is 23.4 Å². The largest absolute Gasteiger partial charge is 0.508 e. The lowest BCUT2D eigenvalue weighted by molar-refractivity contribution is -0.345. The first-order chi connectivity index (χ1) is 19.9. The molecule has 5 rings (SSSR count). The highest BCUT2D eigenvalue weighted by Gasteiger charge is 2.50. The van der Waals surface area contributed by atoms with E-state index in [1.807, 2.05) is 0 Å². The maximum absolute atomic E-state index is 13.7. The Morgan fingerprint density at radius 2 is 1.57 bits per heavy atom. The van der Waals surface area contributed by atoms with Gasteiger partial charge in [0.1, 0.15) is 59.1 Å². The fourth-order valence-electron chi connectivity index (χ4n) is 4.70. The molecule has 42 heavy (non-hydrogen) atoms. The minimum atomic E-state index is -1.90. The van der Waals surface area contributed by atoms with Gasteiger partial charge >= 0.3 is 0 Å². The van der Waals surface area contributed by atoms with Gasteiger partial charge in [-0.2, -0.15) is 0 Å². The quantitative estimate of drug-likeness (QED) is 0.137. The third kappa shape index (κ3) is 5.31. The number of aromatic hydroxyl groups is 4. The van der Waals surface area contributed by atoms with Crippen LogP contribution < -0.4 is 10.2 Å². The molecule has 2 fully saturated rings. The predicted octanol–water partition coefficient (Wildman–Crippen LogP) is -2.08. The number of hydrogen-bond acceptors (Lipinski definition) is 16. The van der Waals surface area contributed by atoms with Crippen LogP contribution in [0.15, 0.2) is 39.5 Å². The molecule has 2 aliphatic rings. The van der Waals surface area contributed by atoms with E-state index in [0.29, 0.717) is 0 Å². The second-order valence-electron chi connectivity index (χ2n) is 9.81. The van der Waals surface area contributed by atoms with Crippen LogP contribution >= 0.6 is 0 Å². The first-order valence-corrected chi connectivity index (χ1v) is 12.6. The summed E-state index contributed by atoms with van der Waals surface area (Å²) >= 11 is 0. The lowest BCUT2D eigenvalue weighted by Crippen LogP contribution is -2.64. The Balaban J connectivity index is 1.62. The van der Waals surface area contributed by atoms with Crippen LogP contribution in [0, 0.1) is 0 Å². The fraction of sp³-hybridized carbons (Fsp3) is 0.423. The van der Waals surface area contributed by atoms with Crippen LogP contribution in [0.1, 0.15) is 0 Å². The summed E-state index contributed by atoms with van der Waals surface area (Å²) in [6.45, 7) is -1.31. The Morgan fingerprint density at radius 1 is 0.833 bits per heavy atom. The highest BCUT2D eigenvalue weighted by Crippen LogP contribution is 2.40. The molecule has 2 aromatic carbocycles. The fourth-order valence-corrected chi connectivity index (χ4v) is 4.70. The summed E-state index contributed by atoms with van der Waals surface area (Å²) < 4.78 is 28.0. The van der Waals surface area contributed by atoms with Gasteiger partial charge in [-0.3, -0.25) is 4.79 Å². The van der Waals surface area contributed by atoms with E-state index < -0.39 is 114 Å². The maximum Gasteiger partial charge on any atom is 0.239 e. The van der Waals surface area contributed by atoms with Gasteiger partial charge in [0, 0.05) is 17.7 Å². The molecular weight excluding hydrogens is 568 g/mol. The zero-order valence-corrected chi connectivity index (χ0v) is 21.4. The topological polar surface area (TPSA) is 269 Å². The van der Waals surface area contributed by atoms with Crippen molar-refractivity contribution < 1.29 is 74.4 Å². The van der Waals surface area contributed by atoms with Gasteiger partial charge < -0.3 is 74.4 Å². The molecule has 0 amide bonds. The molecule has 0 unspecified atom stereocenters. The molecule has 9 atom stereocenters. The molecule has 0 aliphatic carbocycles. The van der Waals surface area contributed by atoms with Crippen molar-refractivity contribution in [2.45, 2.75) is 55.3 Å². The second-order valence-corrected chi connectivity index (χ2v) is 9.81. The minimum Gasteiger partial charge on any atom is -0.508 e. The SMILES string of the molecule is O=c1c(O[C@@H]2O[C@H](CO)[C@@H](O)[C@H](O)[C@H]2O[C@H]2OC[C@@H](O)[C@@H](O)[C@@H]2O)c(-c2ccc(O)c(O)c2)oc2cc(O)cc(O)c12. The lowest BCUT2D eigenvalue weighted by Gasteiger charge is -2.44. The number of rotatable bonds is 6. The van der Waals surface area contributed by atoms with E-state index in [2.05, 4.69) is 0 Å². The maximum atomic E-state index is 13.7. The van der Waals surface area contributed by atoms with Crippen LogP contribution in [0.5, 0.6) is 28.7 Å². The van der Waals surface area contributed by atoms with E-state index >= 15 is 0 Å². The van der Waals surface area contributed by atoms with Gasteiger partial charge in [-0.1, -0.05) is 0 Å². The number of hydrogen-bond donors (Lipinski definition) is 10. The van der Waals surface area contributed by atoms with E-state index in [1.165, 1.54) is 6.07 Å². The molecule has 16 nitrogen and oxygen atoms in total. The Kier molecular flexibility index (Phi) is 8.17. The molecule has 2 aliphatic heterocycles. The summed E-state index contributed by atoms with van der Waals surface area (Å²) in [5.41, 5.74) is -1.38. The Hall–Kier alpha value is -3.71. The average molecular weight is 596 g/mol. The van der Waals surface area contributed by atoms with Gasteiger partial charge in [0.05, 0.1) is 13.2 Å². The highest BCUT2D eigenvalue weighted by molar-refractivity contribution is 5.88. The summed E-state index contributed by atoms with van der Waals surface area (Å²) in [7, 11) is 0. The Labute approximate surface area is 235 Å². The first-order valence-electron chi connectivity index (χ1n) is 12.6. The third-order valence-electron chi connectivity index (χ3n) is 6.96. The van der Waals surface area contributed by atoms with Gasteiger partial charge in [0.15, 0.2) is 29.7 Å². The average Bonchev–Trinajstić information content (AvgIpc) is 2.94. The van der Waals surface area contributed by atoms with Crippen molar-refractivity contribution in [1.82, 2.24) is 0 Å². The van der Waals surface area contributed by atoms with Gasteiger partial charge in [0.25, 0.3) is 0 Å². The van der Waals surface area contributed by atoms with Crippen molar-refractivity contribution in [3.8, 4) is 40.1 Å². The highest BCUT2D eigenvalue weighted by atomic mass is 16.8. The van der Waals surface area contributed by atoms with Gasteiger partial charge in [0.2, 0.25) is 17.5 Å². The molecule has 16 heteroatoms. The normalized spacial score (nSPS) is 31.7. The molecule has 0 spiro atoms. The van der Waals surface area contributed by atoms with Crippen molar-refractivity contribution in [3.63, 3.8) is 0 Å². The molecule has 228 valence electrons. The van der Waals surface area contributed by atoms with Gasteiger partial charge in [-0.05, 0) is 18.2 Å². The van der Waals surface area contributed by atoms with E-state index in [1.54, 1.807) is 0 Å². The Morgan fingerprint density at radius 3 is 2.26 bits per heavy atom. The summed E-state index contributed by atoms with van der Waals surface area (Å²) in [5, 5.41) is 101. The lowest BCUT2D eigenvalue weighted by atomic mass is 9.98. The number of ether oxygens (including phenoxy) is 4.